The number of hydrogen-bond acceptors (Lipinski definition) is 8. The highest BCUT2D eigenvalue weighted by atomic mass is 32.1. The van der Waals surface area contributed by atoms with Crippen LogP contribution in [0.5, 0.6) is 17.2 Å². The predicted octanol–water partition coefficient (Wildman–Crippen LogP) is 4.38. The summed E-state index contributed by atoms with van der Waals surface area (Å²) in [6, 6.07) is 23.2. The first-order valence-corrected chi connectivity index (χ1v) is 13.5. The summed E-state index contributed by atoms with van der Waals surface area (Å²) in [6.07, 6.45) is 3.28. The van der Waals surface area contributed by atoms with Crippen molar-refractivity contribution in [3.63, 3.8) is 0 Å². The van der Waals surface area contributed by atoms with Gasteiger partial charge in [0.15, 0.2) is 23.4 Å². The second-order valence-electron chi connectivity index (χ2n) is 9.34. The Morgan fingerprint density at radius 2 is 1.82 bits per heavy atom. The number of hydrogen-bond donors (Lipinski definition) is 0. The highest BCUT2D eigenvalue weighted by Gasteiger charge is 2.27. The van der Waals surface area contributed by atoms with Gasteiger partial charge in [0.2, 0.25) is 4.96 Å². The highest BCUT2D eigenvalue weighted by molar-refractivity contribution is 7.15. The Morgan fingerprint density at radius 3 is 2.60 bits per heavy atom. The van der Waals surface area contributed by atoms with E-state index in [1.807, 2.05) is 96.7 Å². The molecule has 7 rings (SSSR count). The first-order valence-electron chi connectivity index (χ1n) is 12.7. The Bertz CT molecular complexity index is 1980. The molecule has 1 atom stereocenters. The lowest BCUT2D eigenvalue weighted by molar-refractivity contribution is 0.0852. The van der Waals surface area contributed by atoms with Crippen molar-refractivity contribution in [3.05, 3.63) is 111 Å². The average molecular weight is 550 g/mol. The molecule has 3 aromatic carbocycles. The number of aryl methyl sites for hydroxylation is 1. The summed E-state index contributed by atoms with van der Waals surface area (Å²) < 4.78 is 20.9. The summed E-state index contributed by atoms with van der Waals surface area (Å²) in [5.74, 6) is 2.52. The predicted molar refractivity (Wildman–Crippen MR) is 152 cm³/mol. The molecule has 0 amide bonds. The molecule has 0 radical (unpaired) electrons. The highest BCUT2D eigenvalue weighted by Crippen LogP contribution is 2.35. The third kappa shape index (κ3) is 4.18. The second kappa shape index (κ2) is 9.65. The standard InChI is InChI=1S/C30H23N5O4S/c1-18-14-19(12-13-22(18)37-2)27-20(16-34(32-27)21-8-4-3-5-9-21)15-26-29(36)35-30(40-26)31-28(33-35)25-17-38-23-10-6-7-11-24(23)39-25/h3-16,25H,17H2,1-2H3/b26-15-/t25-/m1/s1. The summed E-state index contributed by atoms with van der Waals surface area (Å²) in [6.45, 7) is 2.26. The van der Waals surface area contributed by atoms with Crippen molar-refractivity contribution in [2.24, 2.45) is 0 Å². The lowest BCUT2D eigenvalue weighted by Gasteiger charge is -2.24. The molecule has 3 aromatic heterocycles. The molecule has 0 fully saturated rings. The van der Waals surface area contributed by atoms with Gasteiger partial charge in [0.1, 0.15) is 18.1 Å². The van der Waals surface area contributed by atoms with Gasteiger partial charge >= 0.3 is 0 Å². The fourth-order valence-corrected chi connectivity index (χ4v) is 5.63. The number of ether oxygens (including phenoxy) is 3. The van der Waals surface area contributed by atoms with Crippen LogP contribution in [-0.2, 0) is 0 Å². The summed E-state index contributed by atoms with van der Waals surface area (Å²) in [5, 5.41) is 9.37. The molecule has 0 saturated heterocycles. The van der Waals surface area contributed by atoms with Crippen LogP contribution in [0.1, 0.15) is 23.1 Å². The molecule has 10 heteroatoms. The van der Waals surface area contributed by atoms with E-state index >= 15 is 0 Å². The van der Waals surface area contributed by atoms with Crippen LogP contribution in [0.25, 0.3) is 28.0 Å². The number of para-hydroxylation sites is 3. The van der Waals surface area contributed by atoms with E-state index in [-0.39, 0.29) is 12.2 Å². The third-order valence-electron chi connectivity index (χ3n) is 6.71. The van der Waals surface area contributed by atoms with Crippen LogP contribution >= 0.6 is 11.3 Å². The Morgan fingerprint density at radius 1 is 1.02 bits per heavy atom. The number of aromatic nitrogens is 5. The SMILES string of the molecule is COc1ccc(-c2nn(-c3ccccc3)cc2/C=c2\sc3nc([C@H]4COc5ccccc5O4)nn3c2=O)cc1C. The maximum absolute atomic E-state index is 13.4. The van der Waals surface area contributed by atoms with Crippen LogP contribution in [-0.4, -0.2) is 38.1 Å². The summed E-state index contributed by atoms with van der Waals surface area (Å²) >= 11 is 1.28. The quantitative estimate of drug-likeness (QED) is 0.315. The van der Waals surface area contributed by atoms with Crippen LogP contribution < -0.4 is 24.3 Å². The maximum atomic E-state index is 13.4. The monoisotopic (exact) mass is 549 g/mol. The minimum absolute atomic E-state index is 0.250. The van der Waals surface area contributed by atoms with Crippen molar-refractivity contribution in [2.45, 2.75) is 13.0 Å². The van der Waals surface area contributed by atoms with Gasteiger partial charge in [-0.05, 0) is 61.0 Å². The fourth-order valence-electron chi connectivity index (χ4n) is 4.73. The van der Waals surface area contributed by atoms with Crippen molar-refractivity contribution >= 4 is 22.4 Å². The number of nitrogens with zero attached hydrogens (tertiary/aromatic N) is 5. The van der Waals surface area contributed by atoms with Crippen molar-refractivity contribution in [2.75, 3.05) is 13.7 Å². The zero-order valence-corrected chi connectivity index (χ0v) is 22.5. The smallest absolute Gasteiger partial charge is 0.291 e. The number of fused-ring (bicyclic) bond motifs is 2. The van der Waals surface area contributed by atoms with Gasteiger partial charge in [-0.3, -0.25) is 4.79 Å². The van der Waals surface area contributed by atoms with E-state index in [1.165, 1.54) is 15.9 Å². The van der Waals surface area contributed by atoms with Crippen molar-refractivity contribution < 1.29 is 14.2 Å². The minimum Gasteiger partial charge on any atom is -0.496 e. The largest absolute Gasteiger partial charge is 0.496 e. The number of rotatable bonds is 5. The van der Waals surface area contributed by atoms with Crippen molar-refractivity contribution in [3.8, 4) is 34.2 Å². The maximum Gasteiger partial charge on any atom is 0.291 e. The number of thiazole rings is 1. The Hall–Kier alpha value is -4.96. The summed E-state index contributed by atoms with van der Waals surface area (Å²) in [7, 11) is 1.65. The number of methoxy groups -OCH3 is 1. The molecule has 9 nitrogen and oxygen atoms in total. The van der Waals surface area contributed by atoms with Gasteiger partial charge in [0.25, 0.3) is 5.56 Å². The zero-order chi connectivity index (χ0) is 27.2. The fraction of sp³-hybridized carbons (Fsp3) is 0.133. The van der Waals surface area contributed by atoms with Crippen LogP contribution in [0.3, 0.4) is 0 Å². The first-order chi connectivity index (χ1) is 19.6. The molecule has 0 bridgehead atoms. The van der Waals surface area contributed by atoms with Crippen LogP contribution in [0.4, 0.5) is 0 Å². The molecule has 1 aliphatic heterocycles. The molecule has 1 aliphatic rings. The Balaban J connectivity index is 1.29. The van der Waals surface area contributed by atoms with E-state index in [0.29, 0.717) is 26.8 Å². The molecule has 0 aliphatic carbocycles. The molecule has 40 heavy (non-hydrogen) atoms. The molecule has 0 spiro atoms. The van der Waals surface area contributed by atoms with E-state index in [4.69, 9.17) is 19.3 Å². The van der Waals surface area contributed by atoms with Crippen LogP contribution in [0.15, 0.2) is 83.8 Å². The summed E-state index contributed by atoms with van der Waals surface area (Å²) in [4.78, 5) is 18.5. The van der Waals surface area contributed by atoms with Gasteiger partial charge < -0.3 is 14.2 Å². The van der Waals surface area contributed by atoms with Gasteiger partial charge in [0.05, 0.1) is 17.3 Å². The molecule has 0 unspecified atom stereocenters. The Kier molecular flexibility index (Phi) is 5.82. The molecule has 6 aromatic rings. The topological polar surface area (TPSA) is 92.8 Å². The molecule has 0 saturated carbocycles. The second-order valence-corrected chi connectivity index (χ2v) is 10.4. The summed E-state index contributed by atoms with van der Waals surface area (Å²) in [5.41, 5.74) is 4.13. The van der Waals surface area contributed by atoms with E-state index in [0.717, 1.165) is 33.8 Å². The van der Waals surface area contributed by atoms with Crippen molar-refractivity contribution in [1.82, 2.24) is 24.4 Å². The lowest BCUT2D eigenvalue weighted by atomic mass is 10.0. The zero-order valence-electron chi connectivity index (χ0n) is 21.6. The van der Waals surface area contributed by atoms with E-state index in [2.05, 4.69) is 10.1 Å². The van der Waals surface area contributed by atoms with Crippen LogP contribution in [0.2, 0.25) is 0 Å². The average Bonchev–Trinajstić information content (AvgIpc) is 3.68. The van der Waals surface area contributed by atoms with Gasteiger partial charge in [0, 0.05) is 17.3 Å². The molecule has 0 N–H and O–H groups in total. The third-order valence-corrected chi connectivity index (χ3v) is 7.67. The normalized spacial score (nSPS) is 15.1. The minimum atomic E-state index is -0.497. The molecular formula is C30H23N5O4S. The van der Waals surface area contributed by atoms with E-state index < -0.39 is 6.10 Å². The van der Waals surface area contributed by atoms with E-state index in [9.17, 15) is 4.79 Å². The van der Waals surface area contributed by atoms with E-state index in [1.54, 1.807) is 7.11 Å². The molecule has 4 heterocycles. The molecular weight excluding hydrogens is 526 g/mol. The lowest BCUT2D eigenvalue weighted by Crippen LogP contribution is -2.26. The number of benzene rings is 3. The van der Waals surface area contributed by atoms with Gasteiger partial charge in [-0.25, -0.2) is 4.68 Å². The molecule has 198 valence electrons. The van der Waals surface area contributed by atoms with Crippen LogP contribution in [0, 0.1) is 6.92 Å². The van der Waals surface area contributed by atoms with Gasteiger partial charge in [-0.15, -0.1) is 5.10 Å². The van der Waals surface area contributed by atoms with Gasteiger partial charge in [-0.2, -0.15) is 14.6 Å². The van der Waals surface area contributed by atoms with Gasteiger partial charge in [-0.1, -0.05) is 41.7 Å². The first kappa shape index (κ1) is 24.1. The Labute approximate surface area is 232 Å². The van der Waals surface area contributed by atoms with Crippen molar-refractivity contribution in [1.29, 1.82) is 0 Å².